The smallest absolute Gasteiger partial charge is 0.286 e. The molecule has 0 unspecified atom stereocenters. The van der Waals surface area contributed by atoms with Gasteiger partial charge in [0.25, 0.3) is 5.91 Å². The molecule has 1 aromatic carbocycles. The van der Waals surface area contributed by atoms with Crippen LogP contribution in [0.5, 0.6) is 0 Å². The molecule has 2 aliphatic heterocycles. The maximum atomic E-state index is 12.3. The Bertz CT molecular complexity index is 894. The third-order valence-corrected chi connectivity index (χ3v) is 5.90. The summed E-state index contributed by atoms with van der Waals surface area (Å²) in [5.41, 5.74) is 3.40. The largest absolute Gasteiger partial charge is 0.348 e. The van der Waals surface area contributed by atoms with E-state index >= 15 is 0 Å². The van der Waals surface area contributed by atoms with Crippen molar-refractivity contribution in [3.05, 3.63) is 58.3 Å². The standard InChI is InChI=1S/C20H23N5OS/c1-15-17(13-23(2)22-15)14-24-8-10-25(11-9-24)20-21-19(26)18(27-20)12-16-6-4-3-5-7-16/h3-7,12-13H,8-11,14H2,1-2H3. The number of rotatable bonds is 3. The van der Waals surface area contributed by atoms with E-state index in [1.165, 1.54) is 17.3 Å². The number of aliphatic imine (C=N–C) groups is 1. The molecule has 0 N–H and O–H groups in total. The zero-order valence-electron chi connectivity index (χ0n) is 15.6. The van der Waals surface area contributed by atoms with Gasteiger partial charge in [-0.15, -0.1) is 0 Å². The summed E-state index contributed by atoms with van der Waals surface area (Å²) in [6, 6.07) is 9.92. The van der Waals surface area contributed by atoms with Crippen molar-refractivity contribution in [1.29, 1.82) is 0 Å². The second-order valence-electron chi connectivity index (χ2n) is 6.90. The third-order valence-electron chi connectivity index (χ3n) is 4.86. The van der Waals surface area contributed by atoms with Crippen molar-refractivity contribution >= 4 is 28.9 Å². The summed E-state index contributed by atoms with van der Waals surface area (Å²) in [5.74, 6) is -0.132. The van der Waals surface area contributed by atoms with Crippen LogP contribution in [0.4, 0.5) is 0 Å². The topological polar surface area (TPSA) is 53.7 Å². The van der Waals surface area contributed by atoms with E-state index in [2.05, 4.69) is 33.0 Å². The number of aromatic nitrogens is 2. The molecule has 27 heavy (non-hydrogen) atoms. The minimum Gasteiger partial charge on any atom is -0.348 e. The molecule has 1 saturated heterocycles. The molecule has 140 valence electrons. The summed E-state index contributed by atoms with van der Waals surface area (Å²) in [4.78, 5) is 21.9. The minimum absolute atomic E-state index is 0.132. The van der Waals surface area contributed by atoms with Crippen LogP contribution in [0.1, 0.15) is 16.8 Å². The molecular formula is C20H23N5OS. The van der Waals surface area contributed by atoms with E-state index in [0.717, 1.165) is 49.1 Å². The van der Waals surface area contributed by atoms with E-state index in [0.29, 0.717) is 4.91 Å². The average Bonchev–Trinajstić information content (AvgIpc) is 3.18. The van der Waals surface area contributed by atoms with Gasteiger partial charge in [0.15, 0.2) is 5.17 Å². The van der Waals surface area contributed by atoms with Gasteiger partial charge in [0, 0.05) is 51.5 Å². The first-order valence-corrected chi connectivity index (χ1v) is 9.94. The molecule has 1 fully saturated rings. The van der Waals surface area contributed by atoms with Crippen LogP contribution < -0.4 is 0 Å². The van der Waals surface area contributed by atoms with Crippen LogP contribution in [0.15, 0.2) is 46.4 Å². The Morgan fingerprint density at radius 1 is 1.15 bits per heavy atom. The number of aryl methyl sites for hydroxylation is 2. The number of thioether (sulfide) groups is 1. The summed E-state index contributed by atoms with van der Waals surface area (Å²) in [6.07, 6.45) is 4.02. The third kappa shape index (κ3) is 4.14. The van der Waals surface area contributed by atoms with Crippen LogP contribution in [0.2, 0.25) is 0 Å². The summed E-state index contributed by atoms with van der Waals surface area (Å²) < 4.78 is 1.87. The van der Waals surface area contributed by atoms with Gasteiger partial charge in [0.1, 0.15) is 0 Å². The van der Waals surface area contributed by atoms with Gasteiger partial charge in [-0.3, -0.25) is 14.4 Å². The molecule has 6 nitrogen and oxygen atoms in total. The number of amides is 1. The van der Waals surface area contributed by atoms with Gasteiger partial charge in [-0.1, -0.05) is 30.3 Å². The Morgan fingerprint density at radius 3 is 2.56 bits per heavy atom. The molecule has 2 aromatic rings. The molecule has 0 bridgehead atoms. The van der Waals surface area contributed by atoms with Crippen molar-refractivity contribution in [1.82, 2.24) is 19.6 Å². The minimum atomic E-state index is -0.132. The lowest BCUT2D eigenvalue weighted by Crippen LogP contribution is -2.47. The molecule has 7 heteroatoms. The Balaban J connectivity index is 1.35. The molecule has 0 saturated carbocycles. The first kappa shape index (κ1) is 18.0. The fourth-order valence-corrected chi connectivity index (χ4v) is 4.34. The lowest BCUT2D eigenvalue weighted by Gasteiger charge is -2.35. The molecule has 0 aliphatic carbocycles. The maximum absolute atomic E-state index is 12.3. The van der Waals surface area contributed by atoms with Crippen molar-refractivity contribution in [2.24, 2.45) is 12.0 Å². The van der Waals surface area contributed by atoms with Crippen molar-refractivity contribution in [3.63, 3.8) is 0 Å². The van der Waals surface area contributed by atoms with Crippen LogP contribution >= 0.6 is 11.8 Å². The molecule has 0 radical (unpaired) electrons. The van der Waals surface area contributed by atoms with Gasteiger partial charge >= 0.3 is 0 Å². The number of piperazine rings is 1. The number of hydrogen-bond acceptors (Lipinski definition) is 5. The van der Waals surface area contributed by atoms with Gasteiger partial charge < -0.3 is 4.90 Å². The van der Waals surface area contributed by atoms with Crippen molar-refractivity contribution in [2.45, 2.75) is 13.5 Å². The molecule has 1 aromatic heterocycles. The molecule has 0 atom stereocenters. The summed E-state index contributed by atoms with van der Waals surface area (Å²) in [5, 5.41) is 5.25. The van der Waals surface area contributed by atoms with Gasteiger partial charge in [-0.25, -0.2) is 0 Å². The lowest BCUT2D eigenvalue weighted by atomic mass is 10.2. The van der Waals surface area contributed by atoms with E-state index in [9.17, 15) is 4.79 Å². The average molecular weight is 382 g/mol. The normalized spacial score (nSPS) is 19.8. The van der Waals surface area contributed by atoms with Gasteiger partial charge in [0.05, 0.1) is 10.6 Å². The highest BCUT2D eigenvalue weighted by atomic mass is 32.2. The van der Waals surface area contributed by atoms with E-state index in [4.69, 9.17) is 0 Å². The fourth-order valence-electron chi connectivity index (χ4n) is 3.38. The lowest BCUT2D eigenvalue weighted by molar-refractivity contribution is -0.113. The van der Waals surface area contributed by atoms with Crippen LogP contribution in [-0.4, -0.2) is 56.8 Å². The fraction of sp³-hybridized carbons (Fsp3) is 0.350. The summed E-state index contributed by atoms with van der Waals surface area (Å²) in [7, 11) is 1.96. The van der Waals surface area contributed by atoms with Crippen LogP contribution in [0, 0.1) is 6.92 Å². The van der Waals surface area contributed by atoms with Gasteiger partial charge in [0.2, 0.25) is 0 Å². The quantitative estimate of drug-likeness (QED) is 0.765. The van der Waals surface area contributed by atoms with Gasteiger partial charge in [-0.2, -0.15) is 10.1 Å². The van der Waals surface area contributed by atoms with Crippen LogP contribution in [0.25, 0.3) is 6.08 Å². The van der Waals surface area contributed by atoms with E-state index in [1.54, 1.807) is 0 Å². The summed E-state index contributed by atoms with van der Waals surface area (Å²) >= 11 is 1.49. The highest BCUT2D eigenvalue weighted by molar-refractivity contribution is 8.18. The maximum Gasteiger partial charge on any atom is 0.286 e. The molecule has 1 amide bonds. The zero-order chi connectivity index (χ0) is 18.8. The second kappa shape index (κ2) is 7.70. The number of hydrogen-bond donors (Lipinski definition) is 0. The molecule has 0 spiro atoms. The van der Waals surface area contributed by atoms with E-state index in [-0.39, 0.29) is 5.91 Å². The van der Waals surface area contributed by atoms with Crippen molar-refractivity contribution in [2.75, 3.05) is 26.2 Å². The number of amidine groups is 1. The first-order chi connectivity index (χ1) is 13.1. The SMILES string of the molecule is Cc1nn(C)cc1CN1CCN(C2=NC(=O)C(=Cc3ccccc3)S2)CC1. The van der Waals surface area contributed by atoms with Crippen molar-refractivity contribution in [3.8, 4) is 0 Å². The number of carbonyl (C=O) groups excluding carboxylic acids is 1. The van der Waals surface area contributed by atoms with Crippen molar-refractivity contribution < 1.29 is 4.79 Å². The predicted octanol–water partition coefficient (Wildman–Crippen LogP) is 2.52. The number of benzene rings is 1. The Labute approximate surface area is 163 Å². The monoisotopic (exact) mass is 381 g/mol. The molecule has 3 heterocycles. The number of nitrogens with zero attached hydrogens (tertiary/aromatic N) is 5. The predicted molar refractivity (Wildman–Crippen MR) is 109 cm³/mol. The summed E-state index contributed by atoms with van der Waals surface area (Å²) in [6.45, 7) is 6.67. The Morgan fingerprint density at radius 2 is 1.89 bits per heavy atom. The van der Waals surface area contributed by atoms with Crippen LogP contribution in [0.3, 0.4) is 0 Å². The van der Waals surface area contributed by atoms with E-state index < -0.39 is 0 Å². The molecule has 4 rings (SSSR count). The second-order valence-corrected chi connectivity index (χ2v) is 7.91. The highest BCUT2D eigenvalue weighted by Gasteiger charge is 2.28. The number of carbonyl (C=O) groups is 1. The zero-order valence-corrected chi connectivity index (χ0v) is 16.4. The van der Waals surface area contributed by atoms with Gasteiger partial charge in [-0.05, 0) is 30.3 Å². The molecule has 2 aliphatic rings. The Kier molecular flexibility index (Phi) is 5.13. The highest BCUT2D eigenvalue weighted by Crippen LogP contribution is 2.30. The first-order valence-electron chi connectivity index (χ1n) is 9.12. The molecular weight excluding hydrogens is 358 g/mol. The van der Waals surface area contributed by atoms with Crippen LogP contribution in [-0.2, 0) is 18.4 Å². The van der Waals surface area contributed by atoms with E-state index in [1.807, 2.05) is 48.1 Å². The Hall–Kier alpha value is -2.38.